The van der Waals surface area contributed by atoms with E-state index in [4.69, 9.17) is 16.9 Å². The summed E-state index contributed by atoms with van der Waals surface area (Å²) < 4.78 is 28.3. The first-order valence-electron chi connectivity index (χ1n) is 7.56. The summed E-state index contributed by atoms with van der Waals surface area (Å²) in [7, 11) is 0. The zero-order valence-electron chi connectivity index (χ0n) is 12.8. The van der Waals surface area contributed by atoms with Crippen LogP contribution in [0, 0.1) is 23.0 Å². The molecule has 1 fully saturated rings. The van der Waals surface area contributed by atoms with Crippen molar-refractivity contribution in [3.05, 3.63) is 64.2 Å². The number of piperidine rings is 1. The van der Waals surface area contributed by atoms with Crippen molar-refractivity contribution >= 4 is 17.3 Å². The average molecular weight is 349 g/mol. The van der Waals surface area contributed by atoms with Crippen molar-refractivity contribution in [1.82, 2.24) is 0 Å². The first-order valence-corrected chi connectivity index (χ1v) is 7.94. The number of aliphatic hydroxyl groups is 1. The summed E-state index contributed by atoms with van der Waals surface area (Å²) in [5, 5.41) is 20.1. The molecule has 2 aromatic rings. The van der Waals surface area contributed by atoms with Crippen molar-refractivity contribution in [2.24, 2.45) is 0 Å². The molecular formula is C18H15ClF2N2O. The molecule has 3 rings (SSSR count). The Morgan fingerprint density at radius 1 is 1.12 bits per heavy atom. The summed E-state index contributed by atoms with van der Waals surface area (Å²) in [6.07, 6.45) is 0.602. The maximum Gasteiger partial charge on any atom is 0.150 e. The summed E-state index contributed by atoms with van der Waals surface area (Å²) in [6, 6.07) is 10.8. The Balaban J connectivity index is 1.84. The predicted octanol–water partition coefficient (Wildman–Crippen LogP) is 3.98. The summed E-state index contributed by atoms with van der Waals surface area (Å²) in [4.78, 5) is 1.55. The highest BCUT2D eigenvalue weighted by Crippen LogP contribution is 2.38. The van der Waals surface area contributed by atoms with E-state index in [0.717, 1.165) is 12.1 Å². The summed E-state index contributed by atoms with van der Waals surface area (Å²) >= 11 is 6.16. The van der Waals surface area contributed by atoms with Gasteiger partial charge in [0.05, 0.1) is 17.2 Å². The third-order valence-electron chi connectivity index (χ3n) is 4.43. The topological polar surface area (TPSA) is 47.3 Å². The van der Waals surface area contributed by atoms with E-state index in [1.165, 1.54) is 0 Å². The van der Waals surface area contributed by atoms with Crippen molar-refractivity contribution in [2.75, 3.05) is 18.0 Å². The van der Waals surface area contributed by atoms with Crippen molar-refractivity contribution in [3.63, 3.8) is 0 Å². The van der Waals surface area contributed by atoms with Gasteiger partial charge >= 0.3 is 0 Å². The van der Waals surface area contributed by atoms with E-state index < -0.39 is 17.2 Å². The lowest BCUT2D eigenvalue weighted by molar-refractivity contribution is 0.0116. The van der Waals surface area contributed by atoms with Crippen molar-refractivity contribution in [1.29, 1.82) is 5.26 Å². The predicted molar refractivity (Wildman–Crippen MR) is 87.9 cm³/mol. The highest BCUT2D eigenvalue weighted by atomic mass is 35.5. The normalized spacial score (nSPS) is 16.7. The minimum absolute atomic E-state index is 0.0571. The zero-order chi connectivity index (χ0) is 17.3. The molecule has 2 aromatic carbocycles. The van der Waals surface area contributed by atoms with Gasteiger partial charge in [-0.1, -0.05) is 29.8 Å². The van der Waals surface area contributed by atoms with E-state index >= 15 is 0 Å². The number of hydrogen-bond acceptors (Lipinski definition) is 3. The molecule has 0 atom stereocenters. The van der Waals surface area contributed by atoms with Crippen LogP contribution in [0.5, 0.6) is 0 Å². The summed E-state index contributed by atoms with van der Waals surface area (Å²) in [5.41, 5.74) is -0.699. The zero-order valence-corrected chi connectivity index (χ0v) is 13.5. The molecule has 0 spiro atoms. The molecule has 0 unspecified atom stereocenters. The van der Waals surface area contributed by atoms with Crippen LogP contribution in [0.4, 0.5) is 14.5 Å². The Labute approximate surface area is 143 Å². The minimum Gasteiger partial charge on any atom is -0.385 e. The van der Waals surface area contributed by atoms with Crippen LogP contribution in [0.15, 0.2) is 36.4 Å². The maximum atomic E-state index is 14.1. The molecule has 1 N–H and O–H groups in total. The van der Waals surface area contributed by atoms with Gasteiger partial charge in [0, 0.05) is 23.7 Å². The van der Waals surface area contributed by atoms with Crippen LogP contribution in [-0.4, -0.2) is 18.2 Å². The van der Waals surface area contributed by atoms with Crippen LogP contribution in [0.1, 0.15) is 24.0 Å². The van der Waals surface area contributed by atoms with Crippen molar-refractivity contribution in [3.8, 4) is 6.07 Å². The van der Waals surface area contributed by atoms with Gasteiger partial charge in [0.25, 0.3) is 0 Å². The third kappa shape index (κ3) is 2.95. The number of rotatable bonds is 2. The van der Waals surface area contributed by atoms with Gasteiger partial charge in [-0.3, -0.25) is 0 Å². The second kappa shape index (κ2) is 6.39. The minimum atomic E-state index is -1.12. The van der Waals surface area contributed by atoms with E-state index in [0.29, 0.717) is 23.4 Å². The molecule has 24 heavy (non-hydrogen) atoms. The van der Waals surface area contributed by atoms with Crippen LogP contribution in [-0.2, 0) is 5.60 Å². The molecule has 1 aliphatic heterocycles. The van der Waals surface area contributed by atoms with Gasteiger partial charge in [-0.25, -0.2) is 8.78 Å². The van der Waals surface area contributed by atoms with Gasteiger partial charge in [-0.15, -0.1) is 0 Å². The van der Waals surface area contributed by atoms with Crippen LogP contribution in [0.2, 0.25) is 5.02 Å². The van der Waals surface area contributed by atoms with Crippen molar-refractivity contribution in [2.45, 2.75) is 18.4 Å². The van der Waals surface area contributed by atoms with E-state index in [1.54, 1.807) is 35.2 Å². The van der Waals surface area contributed by atoms with E-state index in [-0.39, 0.29) is 24.3 Å². The number of benzene rings is 2. The highest BCUT2D eigenvalue weighted by Gasteiger charge is 2.36. The Morgan fingerprint density at radius 2 is 1.71 bits per heavy atom. The van der Waals surface area contributed by atoms with Crippen LogP contribution in [0.25, 0.3) is 0 Å². The molecule has 124 valence electrons. The largest absolute Gasteiger partial charge is 0.385 e. The average Bonchev–Trinajstić information content (AvgIpc) is 2.56. The van der Waals surface area contributed by atoms with Crippen LogP contribution >= 0.6 is 11.6 Å². The van der Waals surface area contributed by atoms with E-state index in [1.807, 2.05) is 0 Å². The Hall–Kier alpha value is -2.16. The molecule has 0 saturated carbocycles. The number of nitriles is 1. The van der Waals surface area contributed by atoms with E-state index in [2.05, 4.69) is 0 Å². The number of halogens is 3. The quantitative estimate of drug-likeness (QED) is 0.893. The monoisotopic (exact) mass is 348 g/mol. The molecule has 0 aromatic heterocycles. The first-order chi connectivity index (χ1) is 11.4. The maximum absolute atomic E-state index is 14.1. The Morgan fingerprint density at radius 3 is 2.25 bits per heavy atom. The third-order valence-corrected chi connectivity index (χ3v) is 4.76. The van der Waals surface area contributed by atoms with Crippen molar-refractivity contribution < 1.29 is 13.9 Å². The molecule has 6 heteroatoms. The van der Waals surface area contributed by atoms with Crippen LogP contribution in [0.3, 0.4) is 0 Å². The second-order valence-corrected chi connectivity index (χ2v) is 6.31. The molecule has 0 radical (unpaired) electrons. The fourth-order valence-corrected chi connectivity index (χ4v) is 3.45. The molecule has 0 aliphatic carbocycles. The summed E-state index contributed by atoms with van der Waals surface area (Å²) in [5.74, 6) is -1.54. The molecular weight excluding hydrogens is 334 g/mol. The van der Waals surface area contributed by atoms with Gasteiger partial charge < -0.3 is 10.0 Å². The molecule has 0 amide bonds. The second-order valence-electron chi connectivity index (χ2n) is 5.90. The Bertz CT molecular complexity index is 788. The molecule has 1 aliphatic rings. The van der Waals surface area contributed by atoms with E-state index in [9.17, 15) is 13.9 Å². The molecule has 0 bridgehead atoms. The van der Waals surface area contributed by atoms with Gasteiger partial charge in [0.15, 0.2) is 11.6 Å². The van der Waals surface area contributed by atoms with Gasteiger partial charge in [0.2, 0.25) is 0 Å². The highest BCUT2D eigenvalue weighted by molar-refractivity contribution is 6.31. The van der Waals surface area contributed by atoms with Crippen LogP contribution < -0.4 is 4.90 Å². The first kappa shape index (κ1) is 16.7. The van der Waals surface area contributed by atoms with Gasteiger partial charge in [-0.05, 0) is 31.0 Å². The number of nitrogens with zero attached hydrogens (tertiary/aromatic N) is 2. The Kier molecular flexibility index (Phi) is 4.44. The fraction of sp³-hybridized carbons (Fsp3) is 0.278. The van der Waals surface area contributed by atoms with Gasteiger partial charge in [-0.2, -0.15) is 5.26 Å². The fourth-order valence-electron chi connectivity index (χ4n) is 3.14. The molecule has 1 heterocycles. The number of hydrogen-bond donors (Lipinski definition) is 1. The lowest BCUT2D eigenvalue weighted by Crippen LogP contribution is -2.43. The smallest absolute Gasteiger partial charge is 0.150 e. The van der Waals surface area contributed by atoms with Gasteiger partial charge in [0.1, 0.15) is 5.69 Å². The summed E-state index contributed by atoms with van der Waals surface area (Å²) in [6.45, 7) is 0.558. The molecule has 1 saturated heterocycles. The standard InChI is InChI=1S/C18H15ClF2N2O/c19-14-4-2-1-3-13(14)18(24)5-7-23(8-6-18)17-15(20)9-12(11-22)10-16(17)21/h1-4,9-10,24H,5-8H2. The lowest BCUT2D eigenvalue weighted by Gasteiger charge is -2.40. The molecule has 3 nitrogen and oxygen atoms in total. The lowest BCUT2D eigenvalue weighted by atomic mass is 9.84. The SMILES string of the molecule is N#Cc1cc(F)c(N2CCC(O)(c3ccccc3Cl)CC2)c(F)c1. The number of anilines is 1.